The average Bonchev–Trinajstić information content (AvgIpc) is 3.03. The highest BCUT2D eigenvalue weighted by atomic mass is 16.5. The van der Waals surface area contributed by atoms with Crippen LogP contribution in [0, 0.1) is 0 Å². The first kappa shape index (κ1) is 10.6. The third-order valence-electron chi connectivity index (χ3n) is 2.89. The SMILES string of the molecule is COc1cnc2[nH]cc(-c3c[nH]c(C=O)c3)c2c1. The van der Waals surface area contributed by atoms with Gasteiger partial charge in [0.05, 0.1) is 19.0 Å². The van der Waals surface area contributed by atoms with Gasteiger partial charge in [-0.3, -0.25) is 4.79 Å². The normalized spacial score (nSPS) is 10.7. The Kier molecular flexibility index (Phi) is 2.37. The molecule has 2 N–H and O–H groups in total. The van der Waals surface area contributed by atoms with E-state index in [0.717, 1.165) is 28.4 Å². The van der Waals surface area contributed by atoms with Gasteiger partial charge in [0, 0.05) is 28.9 Å². The molecule has 18 heavy (non-hydrogen) atoms. The summed E-state index contributed by atoms with van der Waals surface area (Å²) in [6.07, 6.45) is 6.12. The fourth-order valence-corrected chi connectivity index (χ4v) is 1.97. The summed E-state index contributed by atoms with van der Waals surface area (Å²) in [6.45, 7) is 0. The molecule has 0 saturated heterocycles. The summed E-state index contributed by atoms with van der Waals surface area (Å²) in [6, 6.07) is 3.72. The van der Waals surface area contributed by atoms with Gasteiger partial charge in [-0.15, -0.1) is 0 Å². The van der Waals surface area contributed by atoms with E-state index in [0.29, 0.717) is 11.4 Å². The molecule has 0 fully saturated rings. The molecule has 0 spiro atoms. The Labute approximate surface area is 103 Å². The number of hydrogen-bond donors (Lipinski definition) is 2. The van der Waals surface area contributed by atoms with Gasteiger partial charge in [0.25, 0.3) is 0 Å². The second-order valence-electron chi connectivity index (χ2n) is 3.94. The van der Waals surface area contributed by atoms with Crippen LogP contribution in [0.3, 0.4) is 0 Å². The number of H-pyrrole nitrogens is 2. The molecule has 3 rings (SSSR count). The van der Waals surface area contributed by atoms with Crippen molar-refractivity contribution < 1.29 is 9.53 Å². The lowest BCUT2D eigenvalue weighted by Gasteiger charge is -1.99. The largest absolute Gasteiger partial charge is 0.495 e. The number of nitrogens with one attached hydrogen (secondary N) is 2. The van der Waals surface area contributed by atoms with Crippen molar-refractivity contribution in [3.63, 3.8) is 0 Å². The Hall–Kier alpha value is -2.56. The maximum Gasteiger partial charge on any atom is 0.166 e. The van der Waals surface area contributed by atoms with Crippen LogP contribution in [0.2, 0.25) is 0 Å². The van der Waals surface area contributed by atoms with Gasteiger partial charge in [0.1, 0.15) is 11.4 Å². The fourth-order valence-electron chi connectivity index (χ4n) is 1.97. The summed E-state index contributed by atoms with van der Waals surface area (Å²) >= 11 is 0. The molecule has 0 radical (unpaired) electrons. The second kappa shape index (κ2) is 4.03. The number of hydrogen-bond acceptors (Lipinski definition) is 3. The predicted octanol–water partition coefficient (Wildman–Crippen LogP) is 2.38. The number of fused-ring (bicyclic) bond motifs is 1. The number of aldehydes is 1. The standard InChI is InChI=1S/C13H11N3O2/c1-18-10-3-11-12(6-16-13(11)15-5-10)8-2-9(7-17)14-4-8/h2-7,14H,1H3,(H,15,16). The van der Waals surface area contributed by atoms with Crippen molar-refractivity contribution >= 4 is 17.3 Å². The van der Waals surface area contributed by atoms with Crippen molar-refractivity contribution in [3.05, 3.63) is 36.4 Å². The van der Waals surface area contributed by atoms with Crippen LogP contribution >= 0.6 is 0 Å². The molecule has 0 unspecified atom stereocenters. The van der Waals surface area contributed by atoms with E-state index in [9.17, 15) is 4.79 Å². The molecular weight excluding hydrogens is 230 g/mol. The zero-order valence-corrected chi connectivity index (χ0v) is 9.73. The molecule has 90 valence electrons. The summed E-state index contributed by atoms with van der Waals surface area (Å²) < 4.78 is 5.17. The summed E-state index contributed by atoms with van der Waals surface area (Å²) in [7, 11) is 1.61. The number of ether oxygens (including phenoxy) is 1. The summed E-state index contributed by atoms with van der Waals surface area (Å²) in [5.41, 5.74) is 3.27. The molecule has 0 saturated carbocycles. The Bertz CT molecular complexity index is 712. The van der Waals surface area contributed by atoms with E-state index in [1.807, 2.05) is 12.3 Å². The first-order valence-electron chi connectivity index (χ1n) is 5.47. The highest BCUT2D eigenvalue weighted by Crippen LogP contribution is 2.30. The van der Waals surface area contributed by atoms with Gasteiger partial charge in [-0.25, -0.2) is 4.98 Å². The molecule has 5 nitrogen and oxygen atoms in total. The van der Waals surface area contributed by atoms with Crippen LogP contribution in [-0.2, 0) is 0 Å². The van der Waals surface area contributed by atoms with Crippen molar-refractivity contribution in [2.45, 2.75) is 0 Å². The molecule has 5 heteroatoms. The van der Waals surface area contributed by atoms with Crippen LogP contribution in [0.5, 0.6) is 5.75 Å². The van der Waals surface area contributed by atoms with Gasteiger partial charge in [0.15, 0.2) is 6.29 Å². The maximum atomic E-state index is 10.7. The van der Waals surface area contributed by atoms with E-state index >= 15 is 0 Å². The van der Waals surface area contributed by atoms with Crippen LogP contribution in [0.4, 0.5) is 0 Å². The van der Waals surface area contributed by atoms with Crippen LogP contribution in [0.25, 0.3) is 22.2 Å². The highest BCUT2D eigenvalue weighted by molar-refractivity contribution is 5.95. The minimum atomic E-state index is 0.551. The minimum Gasteiger partial charge on any atom is -0.495 e. The average molecular weight is 241 g/mol. The number of carbonyl (C=O) groups is 1. The molecule has 0 aliphatic heterocycles. The number of carbonyl (C=O) groups excluding carboxylic acids is 1. The van der Waals surface area contributed by atoms with Gasteiger partial charge in [0.2, 0.25) is 0 Å². The molecule has 0 aliphatic rings. The first-order chi connectivity index (χ1) is 8.81. The number of methoxy groups -OCH3 is 1. The van der Waals surface area contributed by atoms with Crippen LogP contribution < -0.4 is 4.74 Å². The number of pyridine rings is 1. The van der Waals surface area contributed by atoms with Crippen molar-refractivity contribution in [1.82, 2.24) is 15.0 Å². The summed E-state index contributed by atoms with van der Waals surface area (Å²) in [5.74, 6) is 0.703. The monoisotopic (exact) mass is 241 g/mol. The summed E-state index contributed by atoms with van der Waals surface area (Å²) in [5, 5.41) is 0.964. The van der Waals surface area contributed by atoms with Crippen molar-refractivity contribution in [2.75, 3.05) is 7.11 Å². The minimum absolute atomic E-state index is 0.551. The molecule has 3 aromatic heterocycles. The van der Waals surface area contributed by atoms with Crippen molar-refractivity contribution in [2.24, 2.45) is 0 Å². The second-order valence-corrected chi connectivity index (χ2v) is 3.94. The quantitative estimate of drug-likeness (QED) is 0.691. The molecule has 0 amide bonds. The lowest BCUT2D eigenvalue weighted by Crippen LogP contribution is -1.84. The molecular formula is C13H11N3O2. The smallest absolute Gasteiger partial charge is 0.166 e. The first-order valence-corrected chi connectivity index (χ1v) is 5.47. The van der Waals surface area contributed by atoms with E-state index in [2.05, 4.69) is 15.0 Å². The molecule has 0 atom stereocenters. The lowest BCUT2D eigenvalue weighted by atomic mass is 10.1. The Morgan fingerprint density at radius 3 is 2.89 bits per heavy atom. The highest BCUT2D eigenvalue weighted by Gasteiger charge is 2.09. The molecule has 3 heterocycles. The van der Waals surface area contributed by atoms with Gasteiger partial charge < -0.3 is 14.7 Å². The Balaban J connectivity index is 2.18. The van der Waals surface area contributed by atoms with Crippen LogP contribution in [-0.4, -0.2) is 28.3 Å². The summed E-state index contributed by atoms with van der Waals surface area (Å²) in [4.78, 5) is 20.9. The molecule has 0 aromatic carbocycles. The topological polar surface area (TPSA) is 70.8 Å². The molecule has 3 aromatic rings. The van der Waals surface area contributed by atoms with Crippen molar-refractivity contribution in [1.29, 1.82) is 0 Å². The van der Waals surface area contributed by atoms with E-state index in [-0.39, 0.29) is 0 Å². The van der Waals surface area contributed by atoms with Gasteiger partial charge in [-0.05, 0) is 12.1 Å². The van der Waals surface area contributed by atoms with E-state index < -0.39 is 0 Å². The number of aromatic nitrogens is 3. The van der Waals surface area contributed by atoms with E-state index in [1.54, 1.807) is 25.6 Å². The number of nitrogens with zero attached hydrogens (tertiary/aromatic N) is 1. The van der Waals surface area contributed by atoms with E-state index in [1.165, 1.54) is 0 Å². The zero-order valence-electron chi connectivity index (χ0n) is 9.73. The van der Waals surface area contributed by atoms with Crippen LogP contribution in [0.15, 0.2) is 30.7 Å². The third-order valence-corrected chi connectivity index (χ3v) is 2.89. The van der Waals surface area contributed by atoms with Crippen molar-refractivity contribution in [3.8, 4) is 16.9 Å². The fraction of sp³-hybridized carbons (Fsp3) is 0.0769. The third kappa shape index (κ3) is 1.57. The zero-order chi connectivity index (χ0) is 12.5. The van der Waals surface area contributed by atoms with Gasteiger partial charge in [-0.2, -0.15) is 0 Å². The van der Waals surface area contributed by atoms with E-state index in [4.69, 9.17) is 4.74 Å². The molecule has 0 bridgehead atoms. The number of aromatic amines is 2. The van der Waals surface area contributed by atoms with Gasteiger partial charge >= 0.3 is 0 Å². The Morgan fingerprint density at radius 1 is 1.28 bits per heavy atom. The Morgan fingerprint density at radius 2 is 2.17 bits per heavy atom. The number of rotatable bonds is 3. The lowest BCUT2D eigenvalue weighted by molar-refractivity contribution is 0.111. The predicted molar refractivity (Wildman–Crippen MR) is 67.8 cm³/mol. The van der Waals surface area contributed by atoms with Gasteiger partial charge in [-0.1, -0.05) is 0 Å². The molecule has 0 aliphatic carbocycles. The maximum absolute atomic E-state index is 10.7. The van der Waals surface area contributed by atoms with Crippen LogP contribution in [0.1, 0.15) is 10.5 Å².